The molecular formula is C15H13F3O2. The van der Waals surface area contributed by atoms with Crippen molar-refractivity contribution in [1.29, 1.82) is 0 Å². The van der Waals surface area contributed by atoms with Crippen LogP contribution in [0.4, 0.5) is 13.2 Å². The van der Waals surface area contributed by atoms with Crippen LogP contribution in [0, 0.1) is 6.92 Å². The quantitative estimate of drug-likeness (QED) is 0.823. The fraction of sp³-hybridized carbons (Fsp3) is 0.200. The van der Waals surface area contributed by atoms with Crippen molar-refractivity contribution in [2.24, 2.45) is 0 Å². The second-order valence-electron chi connectivity index (χ2n) is 4.25. The van der Waals surface area contributed by atoms with Gasteiger partial charge in [-0.15, -0.1) is 13.2 Å². The summed E-state index contributed by atoms with van der Waals surface area (Å²) < 4.78 is 45.4. The standard InChI is InChI=1S/C15H13F3O2/c1-11-4-2-3-5-14(11)19-10-12-6-8-13(9-7-12)20-15(16,17)18/h2-9H,10H2,1H3. The molecule has 0 aliphatic heterocycles. The Hall–Kier alpha value is -2.17. The highest BCUT2D eigenvalue weighted by atomic mass is 19.4. The summed E-state index contributed by atoms with van der Waals surface area (Å²) in [5.41, 5.74) is 1.77. The average molecular weight is 282 g/mol. The third kappa shape index (κ3) is 4.19. The van der Waals surface area contributed by atoms with Gasteiger partial charge in [0, 0.05) is 0 Å². The lowest BCUT2D eigenvalue weighted by Crippen LogP contribution is -2.17. The molecule has 0 amide bonds. The van der Waals surface area contributed by atoms with Crippen molar-refractivity contribution in [3.63, 3.8) is 0 Å². The maximum atomic E-state index is 12.0. The number of ether oxygens (including phenoxy) is 2. The van der Waals surface area contributed by atoms with Gasteiger partial charge in [0.1, 0.15) is 18.1 Å². The zero-order valence-electron chi connectivity index (χ0n) is 10.8. The van der Waals surface area contributed by atoms with E-state index < -0.39 is 6.36 Å². The number of benzene rings is 2. The zero-order chi connectivity index (χ0) is 14.6. The molecule has 0 fully saturated rings. The largest absolute Gasteiger partial charge is 0.573 e. The summed E-state index contributed by atoms with van der Waals surface area (Å²) in [4.78, 5) is 0. The van der Waals surface area contributed by atoms with E-state index in [0.717, 1.165) is 16.9 Å². The predicted octanol–water partition coefficient (Wildman–Crippen LogP) is 4.47. The van der Waals surface area contributed by atoms with E-state index in [9.17, 15) is 13.2 Å². The van der Waals surface area contributed by atoms with Crippen molar-refractivity contribution in [1.82, 2.24) is 0 Å². The molecule has 0 spiro atoms. The summed E-state index contributed by atoms with van der Waals surface area (Å²) in [5.74, 6) is 0.514. The molecule has 0 aliphatic rings. The van der Waals surface area contributed by atoms with E-state index in [2.05, 4.69) is 4.74 Å². The fourth-order valence-corrected chi connectivity index (χ4v) is 1.67. The van der Waals surface area contributed by atoms with Gasteiger partial charge in [0.25, 0.3) is 0 Å². The first-order valence-electron chi connectivity index (χ1n) is 5.97. The predicted molar refractivity (Wildman–Crippen MR) is 68.6 cm³/mol. The minimum atomic E-state index is -4.67. The van der Waals surface area contributed by atoms with Gasteiger partial charge in [-0.1, -0.05) is 30.3 Å². The second-order valence-corrected chi connectivity index (χ2v) is 4.25. The van der Waals surface area contributed by atoms with Gasteiger partial charge in [-0.05, 0) is 36.2 Å². The topological polar surface area (TPSA) is 18.5 Å². The van der Waals surface area contributed by atoms with Gasteiger partial charge in [0.2, 0.25) is 0 Å². The van der Waals surface area contributed by atoms with Crippen molar-refractivity contribution in [2.75, 3.05) is 0 Å². The lowest BCUT2D eigenvalue weighted by atomic mass is 10.2. The van der Waals surface area contributed by atoms with E-state index in [-0.39, 0.29) is 12.4 Å². The second kappa shape index (κ2) is 5.86. The first-order chi connectivity index (χ1) is 9.44. The molecule has 20 heavy (non-hydrogen) atoms. The summed E-state index contributed by atoms with van der Waals surface area (Å²) in [6, 6.07) is 13.2. The molecule has 0 aliphatic carbocycles. The van der Waals surface area contributed by atoms with Crippen LogP contribution in [0.25, 0.3) is 0 Å². The van der Waals surface area contributed by atoms with Gasteiger partial charge in [0.15, 0.2) is 0 Å². The Morgan fingerprint density at radius 2 is 1.60 bits per heavy atom. The van der Waals surface area contributed by atoms with Gasteiger partial charge < -0.3 is 9.47 Å². The smallest absolute Gasteiger partial charge is 0.489 e. The molecule has 0 aromatic heterocycles. The third-order valence-electron chi connectivity index (χ3n) is 2.64. The van der Waals surface area contributed by atoms with E-state index in [1.54, 1.807) is 12.1 Å². The monoisotopic (exact) mass is 282 g/mol. The maximum Gasteiger partial charge on any atom is 0.573 e. The van der Waals surface area contributed by atoms with Crippen LogP contribution in [0.2, 0.25) is 0 Å². The highest BCUT2D eigenvalue weighted by Gasteiger charge is 2.30. The molecule has 0 saturated heterocycles. The molecule has 2 aromatic carbocycles. The SMILES string of the molecule is Cc1ccccc1OCc1ccc(OC(F)(F)F)cc1. The Labute approximate surface area is 114 Å². The highest BCUT2D eigenvalue weighted by molar-refractivity contribution is 5.32. The van der Waals surface area contributed by atoms with E-state index in [1.807, 2.05) is 31.2 Å². The van der Waals surface area contributed by atoms with E-state index in [1.165, 1.54) is 12.1 Å². The molecule has 106 valence electrons. The summed E-state index contributed by atoms with van der Waals surface area (Å²) in [6.45, 7) is 2.22. The van der Waals surface area contributed by atoms with Crippen LogP contribution >= 0.6 is 0 Å². The van der Waals surface area contributed by atoms with Crippen molar-refractivity contribution >= 4 is 0 Å². The van der Waals surface area contributed by atoms with Gasteiger partial charge in [0.05, 0.1) is 0 Å². The molecule has 0 bridgehead atoms. The molecule has 0 atom stereocenters. The van der Waals surface area contributed by atoms with Crippen LogP contribution < -0.4 is 9.47 Å². The van der Waals surface area contributed by atoms with Crippen LogP contribution in [0.1, 0.15) is 11.1 Å². The molecule has 5 heteroatoms. The van der Waals surface area contributed by atoms with Crippen molar-refractivity contribution in [2.45, 2.75) is 19.9 Å². The van der Waals surface area contributed by atoms with Crippen molar-refractivity contribution in [3.05, 3.63) is 59.7 Å². The average Bonchev–Trinajstić information content (AvgIpc) is 2.38. The Balaban J connectivity index is 1.96. The summed E-state index contributed by atoms with van der Waals surface area (Å²) in [7, 11) is 0. The van der Waals surface area contributed by atoms with Crippen molar-refractivity contribution < 1.29 is 22.6 Å². The highest BCUT2D eigenvalue weighted by Crippen LogP contribution is 2.23. The Morgan fingerprint density at radius 3 is 2.20 bits per heavy atom. The molecular weight excluding hydrogens is 269 g/mol. The lowest BCUT2D eigenvalue weighted by Gasteiger charge is -2.11. The Kier molecular flexibility index (Phi) is 4.17. The number of aryl methyl sites for hydroxylation is 1. The molecule has 2 rings (SSSR count). The lowest BCUT2D eigenvalue weighted by molar-refractivity contribution is -0.274. The summed E-state index contributed by atoms with van der Waals surface area (Å²) >= 11 is 0. The van der Waals surface area contributed by atoms with Crippen LogP contribution in [0.15, 0.2) is 48.5 Å². The molecule has 0 saturated carbocycles. The van der Waals surface area contributed by atoms with Crippen LogP contribution in [0.3, 0.4) is 0 Å². The third-order valence-corrected chi connectivity index (χ3v) is 2.64. The van der Waals surface area contributed by atoms with E-state index in [4.69, 9.17) is 4.74 Å². The Morgan fingerprint density at radius 1 is 0.950 bits per heavy atom. The van der Waals surface area contributed by atoms with Crippen LogP contribution in [0.5, 0.6) is 11.5 Å². The Bertz CT molecular complexity index is 562. The van der Waals surface area contributed by atoms with Crippen LogP contribution in [-0.4, -0.2) is 6.36 Å². The zero-order valence-corrected chi connectivity index (χ0v) is 10.8. The molecule has 0 unspecified atom stereocenters. The summed E-state index contributed by atoms with van der Waals surface area (Å²) in [5, 5.41) is 0. The van der Waals surface area contributed by atoms with E-state index in [0.29, 0.717) is 0 Å². The number of hydrogen-bond acceptors (Lipinski definition) is 2. The minimum Gasteiger partial charge on any atom is -0.489 e. The number of alkyl halides is 3. The summed E-state index contributed by atoms with van der Waals surface area (Å²) in [6.07, 6.45) is -4.67. The number of rotatable bonds is 4. The minimum absolute atomic E-state index is 0.239. The number of para-hydroxylation sites is 1. The van der Waals surface area contributed by atoms with Crippen molar-refractivity contribution in [3.8, 4) is 11.5 Å². The van der Waals surface area contributed by atoms with Gasteiger partial charge >= 0.3 is 6.36 Å². The van der Waals surface area contributed by atoms with Gasteiger partial charge in [-0.3, -0.25) is 0 Å². The van der Waals surface area contributed by atoms with Gasteiger partial charge in [-0.25, -0.2) is 0 Å². The molecule has 0 heterocycles. The molecule has 0 radical (unpaired) electrons. The number of halogens is 3. The molecule has 0 N–H and O–H groups in total. The van der Waals surface area contributed by atoms with E-state index >= 15 is 0 Å². The first kappa shape index (κ1) is 14.2. The molecule has 2 nitrogen and oxygen atoms in total. The fourth-order valence-electron chi connectivity index (χ4n) is 1.67. The van der Waals surface area contributed by atoms with Gasteiger partial charge in [-0.2, -0.15) is 0 Å². The normalized spacial score (nSPS) is 11.2. The first-order valence-corrected chi connectivity index (χ1v) is 5.97. The molecule has 2 aromatic rings. The van der Waals surface area contributed by atoms with Crippen LogP contribution in [-0.2, 0) is 6.61 Å². The number of hydrogen-bond donors (Lipinski definition) is 0. The maximum absolute atomic E-state index is 12.0.